The molecule has 2 aliphatic heterocycles. The Kier molecular flexibility index (Phi) is 6.84. The fraction of sp³-hybridized carbons (Fsp3) is 0.357. The third-order valence-corrected chi connectivity index (χ3v) is 7.12. The number of methoxy groups -OCH3 is 1. The van der Waals surface area contributed by atoms with Gasteiger partial charge in [0.1, 0.15) is 5.75 Å². The number of nitrogens with zero attached hydrogens (tertiary/aromatic N) is 2. The molecule has 5 rings (SSSR count). The Labute approximate surface area is 210 Å². The van der Waals surface area contributed by atoms with Crippen LogP contribution in [0.4, 0.5) is 0 Å². The molecule has 0 saturated carbocycles. The Balaban J connectivity index is 1.31. The summed E-state index contributed by atoms with van der Waals surface area (Å²) in [5, 5.41) is 0. The summed E-state index contributed by atoms with van der Waals surface area (Å²) in [6.07, 6.45) is 3.78. The van der Waals surface area contributed by atoms with E-state index >= 15 is 0 Å². The molecule has 1 atom stereocenters. The van der Waals surface area contributed by atoms with Crippen molar-refractivity contribution in [2.45, 2.75) is 25.3 Å². The van der Waals surface area contributed by atoms with E-state index in [4.69, 9.17) is 18.6 Å². The van der Waals surface area contributed by atoms with E-state index < -0.39 is 0 Å². The molecule has 1 saturated heterocycles. The predicted molar refractivity (Wildman–Crippen MR) is 132 cm³/mol. The van der Waals surface area contributed by atoms with Gasteiger partial charge in [-0.25, -0.2) is 0 Å². The van der Waals surface area contributed by atoms with Crippen LogP contribution in [0.2, 0.25) is 0 Å². The first-order valence-corrected chi connectivity index (χ1v) is 12.2. The SMILES string of the molecule is COc1cccc(C[C@H](C2CCN(C(=O)c3ccc4c(c3)OCO4)CC2)N(C)C(=O)c2ccco2)c1. The second-order valence-electron chi connectivity index (χ2n) is 9.21. The van der Waals surface area contributed by atoms with E-state index in [-0.39, 0.29) is 30.6 Å². The van der Waals surface area contributed by atoms with Crippen LogP contribution in [-0.4, -0.2) is 61.7 Å². The molecule has 0 unspecified atom stereocenters. The summed E-state index contributed by atoms with van der Waals surface area (Å²) in [4.78, 5) is 30.0. The molecule has 0 N–H and O–H groups in total. The van der Waals surface area contributed by atoms with Crippen molar-refractivity contribution >= 4 is 11.8 Å². The molecule has 8 nitrogen and oxygen atoms in total. The van der Waals surface area contributed by atoms with E-state index in [2.05, 4.69) is 6.07 Å². The molecule has 8 heteroatoms. The molecule has 0 aliphatic carbocycles. The van der Waals surface area contributed by atoms with Crippen LogP contribution >= 0.6 is 0 Å². The van der Waals surface area contributed by atoms with Crippen LogP contribution in [0.3, 0.4) is 0 Å². The lowest BCUT2D eigenvalue weighted by atomic mass is 9.84. The van der Waals surface area contributed by atoms with Gasteiger partial charge in [-0.15, -0.1) is 0 Å². The van der Waals surface area contributed by atoms with Crippen molar-refractivity contribution in [2.75, 3.05) is 34.0 Å². The van der Waals surface area contributed by atoms with Crippen LogP contribution in [0.5, 0.6) is 17.2 Å². The number of hydrogen-bond acceptors (Lipinski definition) is 6. The van der Waals surface area contributed by atoms with Gasteiger partial charge in [-0.2, -0.15) is 0 Å². The quantitative estimate of drug-likeness (QED) is 0.493. The standard InChI is InChI=1S/C28H30N2O6/c1-29(28(32)25-7-4-14-34-25)23(16-19-5-3-6-22(15-19)33-2)20-10-12-30(13-11-20)27(31)21-8-9-24-26(17-21)36-18-35-24/h3-9,14-15,17,20,23H,10-13,16,18H2,1-2H3/t23-/m1/s1. The lowest BCUT2D eigenvalue weighted by Crippen LogP contribution is -2.48. The van der Waals surface area contributed by atoms with Crippen molar-refractivity contribution in [3.8, 4) is 17.2 Å². The zero-order valence-electron chi connectivity index (χ0n) is 20.5. The Morgan fingerprint density at radius 1 is 1.06 bits per heavy atom. The number of carbonyl (C=O) groups is 2. The zero-order chi connectivity index (χ0) is 25.1. The van der Waals surface area contributed by atoms with Crippen LogP contribution in [0.15, 0.2) is 65.3 Å². The van der Waals surface area contributed by atoms with Crippen LogP contribution < -0.4 is 14.2 Å². The Hall–Kier alpha value is -3.94. The molecular weight excluding hydrogens is 460 g/mol. The maximum absolute atomic E-state index is 13.2. The summed E-state index contributed by atoms with van der Waals surface area (Å²) in [5.41, 5.74) is 1.69. The second-order valence-corrected chi connectivity index (χ2v) is 9.21. The zero-order valence-corrected chi connectivity index (χ0v) is 20.5. The molecule has 36 heavy (non-hydrogen) atoms. The van der Waals surface area contributed by atoms with Gasteiger partial charge in [-0.1, -0.05) is 12.1 Å². The van der Waals surface area contributed by atoms with Crippen molar-refractivity contribution in [3.05, 3.63) is 77.7 Å². The fourth-order valence-electron chi connectivity index (χ4n) is 5.08. The van der Waals surface area contributed by atoms with Gasteiger partial charge in [0, 0.05) is 31.7 Å². The number of ether oxygens (including phenoxy) is 3. The van der Waals surface area contributed by atoms with Gasteiger partial charge in [0.25, 0.3) is 11.8 Å². The van der Waals surface area contributed by atoms with Gasteiger partial charge in [-0.3, -0.25) is 9.59 Å². The third kappa shape index (κ3) is 4.89. The summed E-state index contributed by atoms with van der Waals surface area (Å²) in [6.45, 7) is 1.42. The number of furan rings is 1. The number of piperidine rings is 1. The molecule has 3 aromatic rings. The minimum Gasteiger partial charge on any atom is -0.497 e. The molecule has 2 aliphatic rings. The summed E-state index contributed by atoms with van der Waals surface area (Å²) in [5.74, 6) is 2.44. The Morgan fingerprint density at radius 3 is 2.61 bits per heavy atom. The van der Waals surface area contributed by atoms with E-state index in [9.17, 15) is 9.59 Å². The number of hydrogen-bond donors (Lipinski definition) is 0. The summed E-state index contributed by atoms with van der Waals surface area (Å²) >= 11 is 0. The largest absolute Gasteiger partial charge is 0.497 e. The number of fused-ring (bicyclic) bond motifs is 1. The first-order valence-electron chi connectivity index (χ1n) is 12.2. The molecule has 3 heterocycles. The number of rotatable bonds is 7. The maximum atomic E-state index is 13.2. The Bertz CT molecular complexity index is 1220. The minimum atomic E-state index is -0.147. The van der Waals surface area contributed by atoms with Crippen LogP contribution in [0.1, 0.15) is 39.3 Å². The van der Waals surface area contributed by atoms with Crippen molar-refractivity contribution in [3.63, 3.8) is 0 Å². The molecule has 2 amide bonds. The number of carbonyl (C=O) groups excluding carboxylic acids is 2. The second kappa shape index (κ2) is 10.4. The van der Waals surface area contributed by atoms with Crippen molar-refractivity contribution in [1.29, 1.82) is 0 Å². The maximum Gasteiger partial charge on any atom is 0.289 e. The minimum absolute atomic E-state index is 0.0175. The first kappa shape index (κ1) is 23.8. The van der Waals surface area contributed by atoms with Gasteiger partial charge >= 0.3 is 0 Å². The van der Waals surface area contributed by atoms with Crippen LogP contribution in [-0.2, 0) is 6.42 Å². The van der Waals surface area contributed by atoms with Gasteiger partial charge < -0.3 is 28.4 Å². The molecule has 2 aromatic carbocycles. The summed E-state index contributed by atoms with van der Waals surface area (Å²) in [7, 11) is 3.48. The molecular formula is C28H30N2O6. The highest BCUT2D eigenvalue weighted by molar-refractivity contribution is 5.95. The summed E-state index contributed by atoms with van der Waals surface area (Å²) in [6, 6.07) is 16.6. The monoisotopic (exact) mass is 490 g/mol. The van der Waals surface area contributed by atoms with E-state index in [0.29, 0.717) is 42.3 Å². The molecule has 0 radical (unpaired) electrons. The lowest BCUT2D eigenvalue weighted by Gasteiger charge is -2.40. The predicted octanol–water partition coefficient (Wildman–Crippen LogP) is 4.25. The summed E-state index contributed by atoms with van der Waals surface area (Å²) < 4.78 is 21.6. The fourth-order valence-corrected chi connectivity index (χ4v) is 5.08. The highest BCUT2D eigenvalue weighted by Gasteiger charge is 2.34. The highest BCUT2D eigenvalue weighted by atomic mass is 16.7. The van der Waals surface area contributed by atoms with Gasteiger partial charge in [0.2, 0.25) is 6.79 Å². The molecule has 0 spiro atoms. The number of benzene rings is 2. The average molecular weight is 491 g/mol. The van der Waals surface area contributed by atoms with Gasteiger partial charge in [-0.05, 0) is 73.2 Å². The lowest BCUT2D eigenvalue weighted by molar-refractivity contribution is 0.0504. The molecule has 188 valence electrons. The number of amides is 2. The van der Waals surface area contributed by atoms with E-state index in [1.165, 1.54) is 6.26 Å². The average Bonchev–Trinajstić information content (AvgIpc) is 3.63. The smallest absolute Gasteiger partial charge is 0.289 e. The van der Waals surface area contributed by atoms with Gasteiger partial charge in [0.05, 0.1) is 13.4 Å². The highest BCUT2D eigenvalue weighted by Crippen LogP contribution is 2.34. The van der Waals surface area contributed by atoms with Crippen molar-refractivity contribution in [2.24, 2.45) is 5.92 Å². The molecule has 0 bridgehead atoms. The topological polar surface area (TPSA) is 81.5 Å². The van der Waals surface area contributed by atoms with Gasteiger partial charge in [0.15, 0.2) is 17.3 Å². The van der Waals surface area contributed by atoms with Crippen molar-refractivity contribution in [1.82, 2.24) is 9.80 Å². The Morgan fingerprint density at radius 2 is 1.86 bits per heavy atom. The van der Waals surface area contributed by atoms with Crippen LogP contribution in [0, 0.1) is 5.92 Å². The third-order valence-electron chi connectivity index (χ3n) is 7.12. The first-order chi connectivity index (χ1) is 17.5. The van der Waals surface area contributed by atoms with Crippen molar-refractivity contribution < 1.29 is 28.2 Å². The normalized spacial score (nSPS) is 16.0. The molecule has 1 fully saturated rings. The van der Waals surface area contributed by atoms with Crippen LogP contribution in [0.25, 0.3) is 0 Å². The number of likely N-dealkylation sites (N-methyl/N-ethyl adjacent to an activating group) is 1. The van der Waals surface area contributed by atoms with E-state index in [0.717, 1.165) is 24.2 Å². The van der Waals surface area contributed by atoms with E-state index in [1.807, 2.05) is 30.1 Å². The molecule has 1 aromatic heterocycles. The number of likely N-dealkylation sites (tertiary alicyclic amines) is 1. The van der Waals surface area contributed by atoms with E-state index in [1.54, 1.807) is 42.3 Å².